The predicted molar refractivity (Wildman–Crippen MR) is 59.9 cm³/mol. The minimum absolute atomic E-state index is 0.0540. The van der Waals surface area contributed by atoms with E-state index in [2.05, 4.69) is 4.98 Å². The average Bonchev–Trinajstić information content (AvgIpc) is 2.68. The first-order valence-corrected chi connectivity index (χ1v) is 5.53. The molecule has 4 heteroatoms. The molecule has 1 amide bonds. The Hall–Kier alpha value is -1.42. The van der Waals surface area contributed by atoms with Gasteiger partial charge in [-0.3, -0.25) is 9.78 Å². The average molecular weight is 220 g/mol. The van der Waals surface area contributed by atoms with Gasteiger partial charge in [0.25, 0.3) is 0 Å². The third kappa shape index (κ3) is 2.39. The Morgan fingerprint density at radius 1 is 1.69 bits per heavy atom. The van der Waals surface area contributed by atoms with Crippen LogP contribution >= 0.6 is 0 Å². The molecule has 0 radical (unpaired) electrons. The number of β-amino-alcohol motifs (C(OH)–C–C–N with tert-alkyl or cyclic N) is 1. The number of aliphatic hydroxyl groups is 1. The summed E-state index contributed by atoms with van der Waals surface area (Å²) in [5, 5.41) is 9.36. The summed E-state index contributed by atoms with van der Waals surface area (Å²) in [6.07, 6.45) is 2.37. The number of likely N-dealkylation sites (tertiary alicyclic amines) is 1. The van der Waals surface area contributed by atoms with E-state index in [1.807, 2.05) is 19.1 Å². The second kappa shape index (κ2) is 4.61. The maximum Gasteiger partial charge on any atom is 0.228 e. The fourth-order valence-electron chi connectivity index (χ4n) is 1.93. The van der Waals surface area contributed by atoms with Gasteiger partial charge in [0, 0.05) is 19.3 Å². The van der Waals surface area contributed by atoms with Gasteiger partial charge in [0.2, 0.25) is 5.91 Å². The van der Waals surface area contributed by atoms with Crippen LogP contribution in [0.3, 0.4) is 0 Å². The summed E-state index contributed by atoms with van der Waals surface area (Å²) in [5.41, 5.74) is 1.87. The van der Waals surface area contributed by atoms with E-state index in [-0.39, 0.29) is 12.0 Å². The molecule has 16 heavy (non-hydrogen) atoms. The molecule has 2 heterocycles. The maximum atomic E-state index is 11.9. The minimum atomic E-state index is -0.353. The van der Waals surface area contributed by atoms with Crippen LogP contribution in [0, 0.1) is 6.92 Å². The van der Waals surface area contributed by atoms with Crippen LogP contribution in [0.5, 0.6) is 0 Å². The van der Waals surface area contributed by atoms with E-state index >= 15 is 0 Å². The molecule has 0 aromatic carbocycles. The van der Waals surface area contributed by atoms with E-state index in [0.717, 1.165) is 11.3 Å². The maximum absolute atomic E-state index is 11.9. The zero-order valence-electron chi connectivity index (χ0n) is 9.39. The van der Waals surface area contributed by atoms with Crippen molar-refractivity contribution in [1.29, 1.82) is 0 Å². The zero-order chi connectivity index (χ0) is 11.5. The van der Waals surface area contributed by atoms with Crippen LogP contribution < -0.4 is 0 Å². The van der Waals surface area contributed by atoms with E-state index in [4.69, 9.17) is 0 Å². The molecule has 0 bridgehead atoms. The molecule has 86 valence electrons. The molecule has 1 fully saturated rings. The van der Waals surface area contributed by atoms with Crippen LogP contribution in [0.15, 0.2) is 18.3 Å². The summed E-state index contributed by atoms with van der Waals surface area (Å²) >= 11 is 0. The quantitative estimate of drug-likeness (QED) is 0.790. The SMILES string of the molecule is Cc1cccnc1CC(=O)N1CC[C@H](O)C1. The summed E-state index contributed by atoms with van der Waals surface area (Å²) in [5.74, 6) is 0.0540. The van der Waals surface area contributed by atoms with Crippen LogP contribution in [0.1, 0.15) is 17.7 Å². The number of aliphatic hydroxyl groups excluding tert-OH is 1. The topological polar surface area (TPSA) is 53.4 Å². The highest BCUT2D eigenvalue weighted by molar-refractivity contribution is 5.78. The number of carbonyl (C=O) groups is 1. The molecule has 4 nitrogen and oxygen atoms in total. The monoisotopic (exact) mass is 220 g/mol. The predicted octanol–water partition coefficient (Wildman–Crippen LogP) is 0.526. The first-order valence-electron chi connectivity index (χ1n) is 5.53. The summed E-state index contributed by atoms with van der Waals surface area (Å²) in [7, 11) is 0. The van der Waals surface area contributed by atoms with E-state index in [1.165, 1.54) is 0 Å². The van der Waals surface area contributed by atoms with E-state index in [0.29, 0.717) is 25.9 Å². The zero-order valence-corrected chi connectivity index (χ0v) is 9.39. The lowest BCUT2D eigenvalue weighted by Crippen LogP contribution is -2.31. The van der Waals surface area contributed by atoms with Gasteiger partial charge in [-0.15, -0.1) is 0 Å². The number of hydrogen-bond acceptors (Lipinski definition) is 3. The van der Waals surface area contributed by atoms with E-state index in [9.17, 15) is 9.90 Å². The van der Waals surface area contributed by atoms with Gasteiger partial charge in [0.15, 0.2) is 0 Å². The molecule has 2 rings (SSSR count). The van der Waals surface area contributed by atoms with Crippen LogP contribution in [0.25, 0.3) is 0 Å². The lowest BCUT2D eigenvalue weighted by atomic mass is 10.1. The van der Waals surface area contributed by atoms with Crippen molar-refractivity contribution in [1.82, 2.24) is 9.88 Å². The molecular formula is C12H16N2O2. The lowest BCUT2D eigenvalue weighted by Gasteiger charge is -2.15. The number of carbonyl (C=O) groups excluding carboxylic acids is 1. The van der Waals surface area contributed by atoms with E-state index in [1.54, 1.807) is 11.1 Å². The van der Waals surface area contributed by atoms with Crippen molar-refractivity contribution in [3.63, 3.8) is 0 Å². The molecule has 1 saturated heterocycles. The second-order valence-corrected chi connectivity index (χ2v) is 4.23. The molecular weight excluding hydrogens is 204 g/mol. The molecule has 0 spiro atoms. The highest BCUT2D eigenvalue weighted by Crippen LogP contribution is 2.12. The summed E-state index contributed by atoms with van der Waals surface area (Å²) in [6, 6.07) is 3.82. The Labute approximate surface area is 94.9 Å². The summed E-state index contributed by atoms with van der Waals surface area (Å²) < 4.78 is 0. The van der Waals surface area contributed by atoms with Crippen molar-refractivity contribution in [3.05, 3.63) is 29.6 Å². The van der Waals surface area contributed by atoms with Crippen LogP contribution in [0.2, 0.25) is 0 Å². The minimum Gasteiger partial charge on any atom is -0.391 e. The van der Waals surface area contributed by atoms with Gasteiger partial charge in [0.05, 0.1) is 18.2 Å². The van der Waals surface area contributed by atoms with Gasteiger partial charge in [-0.05, 0) is 25.0 Å². The molecule has 1 aliphatic heterocycles. The Balaban J connectivity index is 2.00. The fraction of sp³-hybridized carbons (Fsp3) is 0.500. The number of rotatable bonds is 2. The highest BCUT2D eigenvalue weighted by atomic mass is 16.3. The van der Waals surface area contributed by atoms with Crippen molar-refractivity contribution in [3.8, 4) is 0 Å². The first-order chi connectivity index (χ1) is 7.66. The molecule has 1 aromatic rings. The Morgan fingerprint density at radius 3 is 3.12 bits per heavy atom. The Bertz CT molecular complexity index is 392. The summed E-state index contributed by atoms with van der Waals surface area (Å²) in [4.78, 5) is 17.8. The normalized spacial score (nSPS) is 20.1. The number of aromatic nitrogens is 1. The largest absolute Gasteiger partial charge is 0.391 e. The molecule has 1 atom stereocenters. The molecule has 1 N–H and O–H groups in total. The first kappa shape index (κ1) is 11.1. The van der Waals surface area contributed by atoms with Gasteiger partial charge in [-0.1, -0.05) is 6.07 Å². The Kier molecular flexibility index (Phi) is 3.19. The molecule has 0 saturated carbocycles. The number of nitrogens with zero attached hydrogens (tertiary/aromatic N) is 2. The van der Waals surface area contributed by atoms with Crippen molar-refractivity contribution < 1.29 is 9.90 Å². The highest BCUT2D eigenvalue weighted by Gasteiger charge is 2.24. The number of pyridine rings is 1. The van der Waals surface area contributed by atoms with Crippen molar-refractivity contribution >= 4 is 5.91 Å². The van der Waals surface area contributed by atoms with Gasteiger partial charge < -0.3 is 10.0 Å². The Morgan fingerprint density at radius 2 is 2.50 bits per heavy atom. The number of aryl methyl sites for hydroxylation is 1. The van der Waals surface area contributed by atoms with Crippen molar-refractivity contribution in [2.45, 2.75) is 25.9 Å². The van der Waals surface area contributed by atoms with Crippen molar-refractivity contribution in [2.24, 2.45) is 0 Å². The third-order valence-electron chi connectivity index (χ3n) is 2.95. The van der Waals surface area contributed by atoms with Crippen LogP contribution in [0.4, 0.5) is 0 Å². The molecule has 0 aliphatic carbocycles. The van der Waals surface area contributed by atoms with Crippen molar-refractivity contribution in [2.75, 3.05) is 13.1 Å². The van der Waals surface area contributed by atoms with Gasteiger partial charge >= 0.3 is 0 Å². The molecule has 0 unspecified atom stereocenters. The van der Waals surface area contributed by atoms with Gasteiger partial charge in [-0.25, -0.2) is 0 Å². The van der Waals surface area contributed by atoms with Gasteiger partial charge in [0.1, 0.15) is 0 Å². The fourth-order valence-corrected chi connectivity index (χ4v) is 1.93. The van der Waals surface area contributed by atoms with E-state index < -0.39 is 0 Å². The lowest BCUT2D eigenvalue weighted by molar-refractivity contribution is -0.129. The molecule has 1 aliphatic rings. The summed E-state index contributed by atoms with van der Waals surface area (Å²) in [6.45, 7) is 3.07. The standard InChI is InChI=1S/C12H16N2O2/c1-9-3-2-5-13-11(9)7-12(16)14-6-4-10(15)8-14/h2-3,5,10,15H,4,6-8H2,1H3/t10-/m0/s1. The smallest absolute Gasteiger partial charge is 0.228 e. The van der Waals surface area contributed by atoms with Crippen LogP contribution in [-0.4, -0.2) is 40.1 Å². The third-order valence-corrected chi connectivity index (χ3v) is 2.95. The number of amides is 1. The number of hydrogen-bond donors (Lipinski definition) is 1. The van der Waals surface area contributed by atoms with Gasteiger partial charge in [-0.2, -0.15) is 0 Å². The second-order valence-electron chi connectivity index (χ2n) is 4.23. The van der Waals surface area contributed by atoms with Crippen LogP contribution in [-0.2, 0) is 11.2 Å². The molecule has 1 aromatic heterocycles.